The maximum atomic E-state index is 13.8. The van der Waals surface area contributed by atoms with Crippen molar-refractivity contribution in [3.8, 4) is 5.88 Å². The molecule has 134 valence electrons. The van der Waals surface area contributed by atoms with Gasteiger partial charge in [0.2, 0.25) is 5.88 Å². The molecule has 0 aliphatic carbocycles. The van der Waals surface area contributed by atoms with Crippen molar-refractivity contribution in [2.24, 2.45) is 0 Å². The number of benzene rings is 1. The quantitative estimate of drug-likeness (QED) is 0.764. The third kappa shape index (κ3) is 3.32. The first-order valence-electron chi connectivity index (χ1n) is 8.84. The highest BCUT2D eigenvalue weighted by Gasteiger charge is 2.31. The second kappa shape index (κ2) is 7.25. The zero-order chi connectivity index (χ0) is 17.9. The third-order valence-electron chi connectivity index (χ3n) is 4.66. The van der Waals surface area contributed by atoms with Crippen LogP contribution in [0.15, 0.2) is 48.9 Å². The molecule has 0 saturated carbocycles. The van der Waals surface area contributed by atoms with Crippen LogP contribution in [0, 0.1) is 5.82 Å². The Balaban J connectivity index is 1.63. The number of fused-ring (bicyclic) bond motifs is 1. The van der Waals surface area contributed by atoms with Crippen LogP contribution in [0.1, 0.15) is 35.5 Å². The minimum Gasteiger partial charge on any atom is -0.478 e. The summed E-state index contributed by atoms with van der Waals surface area (Å²) >= 11 is 0. The molecule has 1 N–H and O–H groups in total. The Hall–Kier alpha value is -2.73. The van der Waals surface area contributed by atoms with Crippen LogP contribution in [0.3, 0.4) is 0 Å². The van der Waals surface area contributed by atoms with Gasteiger partial charge in [-0.15, -0.1) is 0 Å². The van der Waals surface area contributed by atoms with Crippen molar-refractivity contribution >= 4 is 0 Å². The molecule has 3 aromatic rings. The number of ether oxygens (including phenoxy) is 1. The molecule has 1 unspecified atom stereocenters. The van der Waals surface area contributed by atoms with Gasteiger partial charge >= 0.3 is 0 Å². The normalized spacial score (nSPS) is 17.1. The van der Waals surface area contributed by atoms with E-state index in [9.17, 15) is 4.39 Å². The molecule has 0 saturated heterocycles. The summed E-state index contributed by atoms with van der Waals surface area (Å²) in [6.45, 7) is 4.12. The van der Waals surface area contributed by atoms with Crippen LogP contribution in [0.4, 0.5) is 4.39 Å². The summed E-state index contributed by atoms with van der Waals surface area (Å²) in [4.78, 5) is 14.4. The number of halogens is 1. The van der Waals surface area contributed by atoms with E-state index in [1.165, 1.54) is 6.07 Å². The summed E-state index contributed by atoms with van der Waals surface area (Å²) in [6.07, 6.45) is 4.46. The number of hydrogen-bond acceptors (Lipinski definition) is 4. The lowest BCUT2D eigenvalue weighted by atomic mass is 9.95. The van der Waals surface area contributed by atoms with Crippen LogP contribution in [0.2, 0.25) is 0 Å². The highest BCUT2D eigenvalue weighted by molar-refractivity contribution is 5.33. The zero-order valence-electron chi connectivity index (χ0n) is 14.7. The number of nitrogens with zero attached hydrogens (tertiary/aromatic N) is 3. The first-order chi connectivity index (χ1) is 12.7. The van der Waals surface area contributed by atoms with Gasteiger partial charge in [-0.25, -0.2) is 14.4 Å². The van der Waals surface area contributed by atoms with Crippen molar-refractivity contribution in [3.63, 3.8) is 0 Å². The SMILES string of the molecule is CCOc1ccc(CN2CCc3[nH]cnc3C2c2cccc(F)c2)cn1. The van der Waals surface area contributed by atoms with E-state index in [1.807, 2.05) is 31.3 Å². The molecule has 0 radical (unpaired) electrons. The molecule has 2 aromatic heterocycles. The molecule has 0 bridgehead atoms. The molecule has 1 aliphatic rings. The number of aromatic amines is 1. The van der Waals surface area contributed by atoms with Gasteiger partial charge in [0.1, 0.15) is 5.82 Å². The van der Waals surface area contributed by atoms with Gasteiger partial charge in [-0.1, -0.05) is 18.2 Å². The highest BCUT2D eigenvalue weighted by atomic mass is 19.1. The third-order valence-corrected chi connectivity index (χ3v) is 4.66. The molecule has 26 heavy (non-hydrogen) atoms. The predicted molar refractivity (Wildman–Crippen MR) is 96.4 cm³/mol. The molecule has 5 nitrogen and oxygen atoms in total. The second-order valence-corrected chi connectivity index (χ2v) is 6.38. The number of nitrogens with one attached hydrogen (secondary N) is 1. The lowest BCUT2D eigenvalue weighted by Gasteiger charge is -2.35. The van der Waals surface area contributed by atoms with E-state index >= 15 is 0 Å². The number of rotatable bonds is 5. The second-order valence-electron chi connectivity index (χ2n) is 6.38. The number of pyridine rings is 1. The van der Waals surface area contributed by atoms with Crippen molar-refractivity contribution in [2.45, 2.75) is 25.9 Å². The van der Waals surface area contributed by atoms with E-state index in [0.29, 0.717) is 19.0 Å². The monoisotopic (exact) mass is 352 g/mol. The molecule has 0 fully saturated rings. The summed E-state index contributed by atoms with van der Waals surface area (Å²) in [5, 5.41) is 0. The van der Waals surface area contributed by atoms with E-state index in [-0.39, 0.29) is 11.9 Å². The minimum atomic E-state index is -0.229. The van der Waals surface area contributed by atoms with Gasteiger partial charge in [0, 0.05) is 37.5 Å². The van der Waals surface area contributed by atoms with Gasteiger partial charge in [-0.3, -0.25) is 4.90 Å². The Kier molecular flexibility index (Phi) is 4.67. The first-order valence-corrected chi connectivity index (χ1v) is 8.84. The van der Waals surface area contributed by atoms with E-state index in [1.54, 1.807) is 18.5 Å². The molecule has 0 amide bonds. The Morgan fingerprint density at radius 1 is 1.27 bits per heavy atom. The fourth-order valence-corrected chi connectivity index (χ4v) is 3.51. The Bertz CT molecular complexity index is 878. The molecule has 0 spiro atoms. The fraction of sp³-hybridized carbons (Fsp3) is 0.300. The number of aromatic nitrogens is 3. The van der Waals surface area contributed by atoms with Crippen LogP contribution in [-0.2, 0) is 13.0 Å². The highest BCUT2D eigenvalue weighted by Crippen LogP contribution is 2.34. The molecule has 3 heterocycles. The van der Waals surface area contributed by atoms with Crippen molar-refractivity contribution < 1.29 is 9.13 Å². The molecular weight excluding hydrogens is 331 g/mol. The van der Waals surface area contributed by atoms with Crippen molar-refractivity contribution in [1.82, 2.24) is 19.9 Å². The van der Waals surface area contributed by atoms with Gasteiger partial charge in [0.25, 0.3) is 0 Å². The van der Waals surface area contributed by atoms with Crippen molar-refractivity contribution in [3.05, 3.63) is 77.3 Å². The number of H-pyrrole nitrogens is 1. The molecule has 1 aliphatic heterocycles. The summed E-state index contributed by atoms with van der Waals surface area (Å²) < 4.78 is 19.2. The van der Waals surface area contributed by atoms with Gasteiger partial charge in [-0.05, 0) is 30.2 Å². The molecular formula is C20H21FN4O. The summed E-state index contributed by atoms with van der Waals surface area (Å²) in [7, 11) is 0. The average Bonchev–Trinajstić information content (AvgIpc) is 3.12. The molecule has 4 rings (SSSR count). The van der Waals surface area contributed by atoms with Crippen LogP contribution < -0.4 is 4.74 Å². The summed E-state index contributed by atoms with van der Waals surface area (Å²) in [6, 6.07) is 10.6. The zero-order valence-corrected chi connectivity index (χ0v) is 14.7. The Morgan fingerprint density at radius 3 is 2.96 bits per heavy atom. The first kappa shape index (κ1) is 16.7. The number of imidazole rings is 1. The van der Waals surface area contributed by atoms with Crippen molar-refractivity contribution in [1.29, 1.82) is 0 Å². The number of hydrogen-bond donors (Lipinski definition) is 1. The van der Waals surface area contributed by atoms with Gasteiger partial charge < -0.3 is 9.72 Å². The average molecular weight is 352 g/mol. The van der Waals surface area contributed by atoms with E-state index in [4.69, 9.17) is 4.74 Å². The predicted octanol–water partition coefficient (Wildman–Crippen LogP) is 3.49. The van der Waals surface area contributed by atoms with Crippen LogP contribution in [0.25, 0.3) is 0 Å². The molecule has 1 aromatic carbocycles. The van der Waals surface area contributed by atoms with Crippen molar-refractivity contribution in [2.75, 3.05) is 13.2 Å². The Labute approximate surface area is 151 Å². The van der Waals surface area contributed by atoms with Gasteiger partial charge in [0.05, 0.1) is 24.7 Å². The van der Waals surface area contributed by atoms with E-state index in [2.05, 4.69) is 19.9 Å². The van der Waals surface area contributed by atoms with Crippen LogP contribution >= 0.6 is 0 Å². The van der Waals surface area contributed by atoms with Gasteiger partial charge in [-0.2, -0.15) is 0 Å². The minimum absolute atomic E-state index is 0.0766. The van der Waals surface area contributed by atoms with Gasteiger partial charge in [0.15, 0.2) is 0 Å². The smallest absolute Gasteiger partial charge is 0.213 e. The Morgan fingerprint density at radius 2 is 2.19 bits per heavy atom. The van der Waals surface area contributed by atoms with Crippen LogP contribution in [-0.4, -0.2) is 33.0 Å². The maximum Gasteiger partial charge on any atom is 0.213 e. The maximum absolute atomic E-state index is 13.8. The topological polar surface area (TPSA) is 54.0 Å². The lowest BCUT2D eigenvalue weighted by Crippen LogP contribution is -2.35. The van der Waals surface area contributed by atoms with E-state index in [0.717, 1.165) is 35.5 Å². The standard InChI is InChI=1S/C20H21FN4O/c1-2-26-18-7-6-14(11-22-18)12-25-9-8-17-19(24-13-23-17)20(25)15-4-3-5-16(21)10-15/h3-7,10-11,13,20H,2,8-9,12H2,1H3,(H,23,24). The largest absolute Gasteiger partial charge is 0.478 e. The summed E-state index contributed by atoms with van der Waals surface area (Å²) in [5.74, 6) is 0.402. The summed E-state index contributed by atoms with van der Waals surface area (Å²) in [5.41, 5.74) is 4.10. The molecule has 6 heteroatoms. The molecule has 1 atom stereocenters. The van der Waals surface area contributed by atoms with Crippen LogP contribution in [0.5, 0.6) is 5.88 Å². The van der Waals surface area contributed by atoms with E-state index < -0.39 is 0 Å². The lowest BCUT2D eigenvalue weighted by molar-refractivity contribution is 0.199. The fourth-order valence-electron chi connectivity index (χ4n) is 3.51.